The topological polar surface area (TPSA) is 39.9 Å². The molecule has 2 rings (SSSR count). The zero-order valence-electron chi connectivity index (χ0n) is 8.94. The van der Waals surface area contributed by atoms with E-state index >= 15 is 0 Å². The van der Waals surface area contributed by atoms with Gasteiger partial charge >= 0.3 is 0 Å². The smallest absolute Gasteiger partial charge is 0.186 e. The molecule has 1 aliphatic carbocycles. The number of aromatic nitrogens is 1. The monoisotopic (exact) mass is 221 g/mol. The van der Waals surface area contributed by atoms with Crippen LogP contribution in [0.3, 0.4) is 0 Å². The van der Waals surface area contributed by atoms with Crippen LogP contribution in [0.4, 0.5) is 5.13 Å². The third kappa shape index (κ3) is 2.48. The van der Waals surface area contributed by atoms with Gasteiger partial charge in [0.05, 0.1) is 6.20 Å². The van der Waals surface area contributed by atoms with E-state index < -0.39 is 0 Å². The fraction of sp³-hybridized carbons (Fsp3) is 0.636. The average Bonchev–Trinajstić information content (AvgIpc) is 2.63. The van der Waals surface area contributed by atoms with Crippen molar-refractivity contribution in [3.8, 4) is 6.07 Å². The van der Waals surface area contributed by atoms with Crippen molar-refractivity contribution in [1.29, 1.82) is 5.26 Å². The predicted octanol–water partition coefficient (Wildman–Crippen LogP) is 2.64. The van der Waals surface area contributed by atoms with Gasteiger partial charge < -0.3 is 4.90 Å². The lowest BCUT2D eigenvalue weighted by Crippen LogP contribution is -2.23. The van der Waals surface area contributed by atoms with E-state index in [2.05, 4.69) is 23.0 Å². The van der Waals surface area contributed by atoms with Crippen molar-refractivity contribution in [2.45, 2.75) is 25.7 Å². The Morgan fingerprint density at radius 1 is 1.67 bits per heavy atom. The largest absolute Gasteiger partial charge is 0.351 e. The van der Waals surface area contributed by atoms with E-state index in [9.17, 15) is 0 Å². The van der Waals surface area contributed by atoms with Gasteiger partial charge in [0.2, 0.25) is 0 Å². The van der Waals surface area contributed by atoms with Gasteiger partial charge in [0.1, 0.15) is 10.9 Å². The van der Waals surface area contributed by atoms with Crippen LogP contribution in [0.15, 0.2) is 6.20 Å². The molecule has 80 valence electrons. The highest BCUT2D eigenvalue weighted by atomic mass is 32.1. The fourth-order valence-electron chi connectivity index (χ4n) is 1.75. The molecule has 0 saturated heterocycles. The van der Waals surface area contributed by atoms with E-state index in [0.717, 1.165) is 17.6 Å². The molecule has 1 aromatic heterocycles. The molecule has 0 amide bonds. The van der Waals surface area contributed by atoms with Gasteiger partial charge in [-0.05, 0) is 12.3 Å². The van der Waals surface area contributed by atoms with Crippen molar-refractivity contribution < 1.29 is 0 Å². The highest BCUT2D eigenvalue weighted by Gasteiger charge is 2.18. The lowest BCUT2D eigenvalue weighted by molar-refractivity contribution is 0.299. The number of nitriles is 1. The molecule has 1 aromatic rings. The number of hydrogen-bond donors (Lipinski definition) is 0. The molecule has 15 heavy (non-hydrogen) atoms. The van der Waals surface area contributed by atoms with Gasteiger partial charge in [0.15, 0.2) is 5.13 Å². The zero-order valence-corrected chi connectivity index (χ0v) is 9.76. The number of thiazole rings is 1. The molecule has 0 spiro atoms. The summed E-state index contributed by atoms with van der Waals surface area (Å²) in [5.74, 6) is 0.933. The van der Waals surface area contributed by atoms with Gasteiger partial charge in [0, 0.05) is 13.6 Å². The molecule has 0 bridgehead atoms. The summed E-state index contributed by atoms with van der Waals surface area (Å²) in [5.41, 5.74) is 0. The van der Waals surface area contributed by atoms with E-state index in [1.54, 1.807) is 6.20 Å². The van der Waals surface area contributed by atoms with E-state index in [-0.39, 0.29) is 0 Å². The van der Waals surface area contributed by atoms with Crippen molar-refractivity contribution in [1.82, 2.24) is 4.98 Å². The van der Waals surface area contributed by atoms with Crippen molar-refractivity contribution in [2.24, 2.45) is 5.92 Å². The molecule has 0 unspecified atom stereocenters. The molecular formula is C11H15N3S. The van der Waals surface area contributed by atoms with Crippen LogP contribution in [0.5, 0.6) is 0 Å². The SMILES string of the molecule is CN(CCC1CCC1)c1ncc(C#N)s1. The second kappa shape index (κ2) is 4.63. The maximum atomic E-state index is 8.70. The van der Waals surface area contributed by atoms with Gasteiger partial charge in [-0.25, -0.2) is 4.98 Å². The number of hydrogen-bond acceptors (Lipinski definition) is 4. The highest BCUT2D eigenvalue weighted by Crippen LogP contribution is 2.30. The summed E-state index contributed by atoms with van der Waals surface area (Å²) < 4.78 is 0. The Bertz CT molecular complexity index is 362. The molecule has 4 heteroatoms. The first kappa shape index (κ1) is 10.4. The molecule has 0 atom stereocenters. The molecule has 1 saturated carbocycles. The first-order chi connectivity index (χ1) is 7.29. The molecule has 1 aliphatic rings. The summed E-state index contributed by atoms with van der Waals surface area (Å²) >= 11 is 1.47. The Kier molecular flexibility index (Phi) is 3.22. The Hall–Kier alpha value is -1.08. The second-order valence-electron chi connectivity index (χ2n) is 4.13. The number of anilines is 1. The van der Waals surface area contributed by atoms with Crippen LogP contribution in [0.2, 0.25) is 0 Å². The molecule has 1 fully saturated rings. The summed E-state index contributed by atoms with van der Waals surface area (Å²) in [4.78, 5) is 7.08. The molecule has 0 aromatic carbocycles. The van der Waals surface area contributed by atoms with E-state index in [1.807, 2.05) is 0 Å². The first-order valence-corrected chi connectivity index (χ1v) is 6.18. The van der Waals surface area contributed by atoms with Gasteiger partial charge in [-0.15, -0.1) is 0 Å². The van der Waals surface area contributed by atoms with E-state index in [4.69, 9.17) is 5.26 Å². The minimum absolute atomic E-state index is 0.695. The standard InChI is InChI=1S/C11H15N3S/c1-14(6-5-9-3-2-4-9)11-13-8-10(7-12)15-11/h8-9H,2-6H2,1H3. The van der Waals surface area contributed by atoms with Crippen LogP contribution in [0.25, 0.3) is 0 Å². The number of nitrogens with zero attached hydrogens (tertiary/aromatic N) is 3. The molecule has 0 N–H and O–H groups in total. The third-order valence-corrected chi connectivity index (χ3v) is 4.04. The minimum atomic E-state index is 0.695. The maximum absolute atomic E-state index is 8.70. The summed E-state index contributed by atoms with van der Waals surface area (Å²) in [7, 11) is 2.05. The van der Waals surface area contributed by atoms with Crippen molar-refractivity contribution >= 4 is 16.5 Å². The fourth-order valence-corrected chi connectivity index (χ4v) is 2.45. The Balaban J connectivity index is 1.84. The van der Waals surface area contributed by atoms with Gasteiger partial charge in [-0.1, -0.05) is 30.6 Å². The molecular weight excluding hydrogens is 206 g/mol. The van der Waals surface area contributed by atoms with Crippen LogP contribution in [0.1, 0.15) is 30.6 Å². The maximum Gasteiger partial charge on any atom is 0.186 e. The summed E-state index contributed by atoms with van der Waals surface area (Å²) in [6.45, 7) is 1.06. The lowest BCUT2D eigenvalue weighted by atomic mass is 9.83. The normalized spacial score (nSPS) is 15.7. The highest BCUT2D eigenvalue weighted by molar-refractivity contribution is 7.16. The quantitative estimate of drug-likeness (QED) is 0.784. The third-order valence-electron chi connectivity index (χ3n) is 3.03. The van der Waals surface area contributed by atoms with Crippen molar-refractivity contribution in [2.75, 3.05) is 18.5 Å². The molecule has 3 nitrogen and oxygen atoms in total. The van der Waals surface area contributed by atoms with Gasteiger partial charge in [-0.3, -0.25) is 0 Å². The van der Waals surface area contributed by atoms with Crippen LogP contribution >= 0.6 is 11.3 Å². The summed E-state index contributed by atoms with van der Waals surface area (Å²) in [5, 5.41) is 9.66. The van der Waals surface area contributed by atoms with E-state index in [1.165, 1.54) is 37.0 Å². The zero-order chi connectivity index (χ0) is 10.7. The Labute approximate surface area is 94.4 Å². The minimum Gasteiger partial charge on any atom is -0.351 e. The lowest BCUT2D eigenvalue weighted by Gasteiger charge is -2.27. The van der Waals surface area contributed by atoms with Crippen molar-refractivity contribution in [3.63, 3.8) is 0 Å². The molecule has 1 heterocycles. The number of rotatable bonds is 4. The summed E-state index contributed by atoms with van der Waals surface area (Å²) in [6.07, 6.45) is 7.12. The van der Waals surface area contributed by atoms with Crippen LogP contribution < -0.4 is 4.90 Å². The van der Waals surface area contributed by atoms with Crippen molar-refractivity contribution in [3.05, 3.63) is 11.1 Å². The first-order valence-electron chi connectivity index (χ1n) is 5.36. The molecule has 0 radical (unpaired) electrons. The Morgan fingerprint density at radius 2 is 2.47 bits per heavy atom. The molecule has 0 aliphatic heterocycles. The second-order valence-corrected chi connectivity index (χ2v) is 5.14. The van der Waals surface area contributed by atoms with Gasteiger partial charge in [-0.2, -0.15) is 5.26 Å². The predicted molar refractivity (Wildman–Crippen MR) is 62.1 cm³/mol. The van der Waals surface area contributed by atoms with Crippen LogP contribution in [-0.2, 0) is 0 Å². The Morgan fingerprint density at radius 3 is 3.00 bits per heavy atom. The van der Waals surface area contributed by atoms with Crippen LogP contribution in [-0.4, -0.2) is 18.6 Å². The summed E-state index contributed by atoms with van der Waals surface area (Å²) in [6, 6.07) is 2.12. The van der Waals surface area contributed by atoms with Crippen LogP contribution in [0, 0.1) is 17.2 Å². The van der Waals surface area contributed by atoms with Gasteiger partial charge in [0.25, 0.3) is 0 Å². The van der Waals surface area contributed by atoms with E-state index in [0.29, 0.717) is 4.88 Å². The average molecular weight is 221 g/mol.